The number of carboxylic acid groups (broad SMARTS) is 3. The van der Waals surface area contributed by atoms with Crippen LogP contribution in [-0.4, -0.2) is 67.6 Å². The minimum Gasteiger partial charge on any atom is -0.508 e. The number of hydrogen-bond acceptors (Lipinski definition) is 6. The Labute approximate surface area is 148 Å². The second-order valence-electron chi connectivity index (χ2n) is 5.60. The summed E-state index contributed by atoms with van der Waals surface area (Å²) in [5.74, 6) is -6.98. The molecule has 0 radical (unpaired) electrons. The van der Waals surface area contributed by atoms with Gasteiger partial charge in [-0.1, -0.05) is 25.6 Å². The highest BCUT2D eigenvalue weighted by atomic mass is 16.4. The fourth-order valence-electron chi connectivity index (χ4n) is 2.86. The lowest BCUT2D eigenvalue weighted by atomic mass is 9.75. The number of rotatable bonds is 10. The number of carbonyl (C=O) groups excluding carboxylic acids is 1. The monoisotopic (exact) mass is 365 g/mol. The molecule has 0 bridgehead atoms. The van der Waals surface area contributed by atoms with Crippen molar-refractivity contribution < 1.29 is 39.6 Å². The van der Waals surface area contributed by atoms with Gasteiger partial charge in [0.25, 0.3) is 0 Å². The molecule has 1 aromatic carbocycles. The summed E-state index contributed by atoms with van der Waals surface area (Å²) < 4.78 is 0. The molecule has 1 unspecified atom stereocenters. The first-order chi connectivity index (χ1) is 12.1. The molecule has 0 saturated carbocycles. The fourth-order valence-corrected chi connectivity index (χ4v) is 2.86. The Bertz CT molecular complexity index is 711. The average molecular weight is 365 g/mol. The number of ketones is 1. The van der Waals surface area contributed by atoms with Crippen LogP contribution < -0.4 is 0 Å². The van der Waals surface area contributed by atoms with Gasteiger partial charge in [-0.25, -0.2) is 4.79 Å². The van der Waals surface area contributed by atoms with Crippen LogP contribution in [-0.2, 0) is 19.2 Å². The van der Waals surface area contributed by atoms with Crippen LogP contribution in [0.15, 0.2) is 36.9 Å². The van der Waals surface area contributed by atoms with Crippen molar-refractivity contribution in [1.82, 2.24) is 4.90 Å². The van der Waals surface area contributed by atoms with E-state index >= 15 is 0 Å². The van der Waals surface area contributed by atoms with E-state index in [1.165, 1.54) is 31.2 Å². The van der Waals surface area contributed by atoms with Gasteiger partial charge in [-0.2, -0.15) is 0 Å². The molecule has 0 aliphatic carbocycles. The zero-order valence-corrected chi connectivity index (χ0v) is 14.0. The maximum absolute atomic E-state index is 12.6. The van der Waals surface area contributed by atoms with Gasteiger partial charge in [0.05, 0.1) is 13.1 Å². The van der Waals surface area contributed by atoms with E-state index in [9.17, 15) is 29.4 Å². The van der Waals surface area contributed by atoms with E-state index in [0.717, 1.165) is 6.08 Å². The Kier molecular flexibility index (Phi) is 6.62. The summed E-state index contributed by atoms with van der Waals surface area (Å²) in [7, 11) is 0. The number of carbonyl (C=O) groups is 4. The van der Waals surface area contributed by atoms with Gasteiger partial charge in [0.2, 0.25) is 0 Å². The Morgan fingerprint density at radius 1 is 1.08 bits per heavy atom. The van der Waals surface area contributed by atoms with E-state index < -0.39 is 48.2 Å². The average Bonchev–Trinajstić information content (AvgIpc) is 2.54. The van der Waals surface area contributed by atoms with Gasteiger partial charge in [0.1, 0.15) is 5.75 Å². The fraction of sp³-hybridized carbons (Fsp3) is 0.294. The second-order valence-corrected chi connectivity index (χ2v) is 5.60. The van der Waals surface area contributed by atoms with Gasteiger partial charge < -0.3 is 20.4 Å². The molecule has 0 fully saturated rings. The highest BCUT2D eigenvalue weighted by Crippen LogP contribution is 2.36. The number of phenolic OH excluding ortho intramolecular Hbond substituents is 1. The quantitative estimate of drug-likeness (QED) is 0.344. The lowest BCUT2D eigenvalue weighted by molar-refractivity contribution is -0.162. The number of benzene rings is 1. The molecule has 0 amide bonds. The predicted octanol–water partition coefficient (Wildman–Crippen LogP) is 0.545. The summed E-state index contributed by atoms with van der Waals surface area (Å²) in [5, 5.41) is 37.4. The number of aromatic hydroxyl groups is 1. The van der Waals surface area contributed by atoms with E-state index in [4.69, 9.17) is 10.2 Å². The summed E-state index contributed by atoms with van der Waals surface area (Å²) >= 11 is 0. The summed E-state index contributed by atoms with van der Waals surface area (Å²) in [4.78, 5) is 47.7. The van der Waals surface area contributed by atoms with Crippen molar-refractivity contribution in [3.05, 3.63) is 42.5 Å². The largest absolute Gasteiger partial charge is 0.508 e. The zero-order valence-electron chi connectivity index (χ0n) is 14.0. The summed E-state index contributed by atoms with van der Waals surface area (Å²) in [5.41, 5.74) is -2.21. The Hall–Kier alpha value is -3.20. The molecule has 0 aliphatic heterocycles. The van der Waals surface area contributed by atoms with E-state index in [1.54, 1.807) is 0 Å². The van der Waals surface area contributed by atoms with Gasteiger partial charge in [-0.05, 0) is 23.8 Å². The predicted molar refractivity (Wildman–Crippen MR) is 88.9 cm³/mol. The van der Waals surface area contributed by atoms with Gasteiger partial charge in [0.15, 0.2) is 11.3 Å². The Morgan fingerprint density at radius 2 is 1.54 bits per heavy atom. The van der Waals surface area contributed by atoms with Crippen LogP contribution in [0.25, 0.3) is 0 Å². The van der Waals surface area contributed by atoms with E-state index in [2.05, 4.69) is 6.58 Å². The third kappa shape index (κ3) is 4.06. The maximum atomic E-state index is 12.6. The van der Waals surface area contributed by atoms with Crippen molar-refractivity contribution in [3.8, 4) is 5.75 Å². The van der Waals surface area contributed by atoms with Crippen molar-refractivity contribution in [2.75, 3.05) is 13.1 Å². The molecule has 2 atom stereocenters. The molecule has 1 rings (SSSR count). The van der Waals surface area contributed by atoms with Crippen LogP contribution in [0.5, 0.6) is 5.75 Å². The van der Waals surface area contributed by atoms with Gasteiger partial charge in [0, 0.05) is 5.92 Å². The molecule has 0 aliphatic rings. The van der Waals surface area contributed by atoms with Crippen molar-refractivity contribution in [3.63, 3.8) is 0 Å². The zero-order chi connectivity index (χ0) is 20.1. The topological polar surface area (TPSA) is 152 Å². The van der Waals surface area contributed by atoms with Crippen LogP contribution in [0.4, 0.5) is 0 Å². The Balaban J connectivity index is 3.67. The maximum Gasteiger partial charge on any atom is 0.332 e. The minimum absolute atomic E-state index is 0.0927. The molecule has 1 aromatic rings. The van der Waals surface area contributed by atoms with Crippen molar-refractivity contribution in [2.24, 2.45) is 0 Å². The molecule has 0 spiro atoms. The molecule has 9 nitrogen and oxygen atoms in total. The number of phenols is 1. The first-order valence-corrected chi connectivity index (χ1v) is 7.45. The summed E-state index contributed by atoms with van der Waals surface area (Å²) in [6.45, 7) is 2.65. The van der Waals surface area contributed by atoms with Gasteiger partial charge >= 0.3 is 17.9 Å². The van der Waals surface area contributed by atoms with Crippen molar-refractivity contribution in [2.45, 2.75) is 18.4 Å². The molecule has 140 valence electrons. The SMILES string of the molecule is C=CC(=O)[C@@](C(=O)O)(C(C)c1ccc(O)cc1)N(CC(=O)O)CC(=O)O. The van der Waals surface area contributed by atoms with Gasteiger partial charge in [-0.3, -0.25) is 19.3 Å². The van der Waals surface area contributed by atoms with Crippen LogP contribution in [0.1, 0.15) is 18.4 Å². The third-order valence-electron chi connectivity index (χ3n) is 4.06. The standard InChI is InChI=1S/C17H19NO8/c1-3-13(20)17(16(25)26,18(8-14(21)22)9-15(23)24)10(2)11-4-6-12(19)7-5-11/h3-7,10,19H,1,8-9H2,2H3,(H,21,22)(H,23,24)(H,25,26)/t10?,17-/m1/s1. The van der Waals surface area contributed by atoms with E-state index in [0.29, 0.717) is 10.5 Å². The summed E-state index contributed by atoms with van der Waals surface area (Å²) in [6, 6.07) is 5.28. The van der Waals surface area contributed by atoms with Crippen LogP contribution in [0, 0.1) is 0 Å². The van der Waals surface area contributed by atoms with Crippen molar-refractivity contribution in [1.29, 1.82) is 0 Å². The molecule has 0 heterocycles. The number of aliphatic carboxylic acids is 3. The first kappa shape index (κ1) is 20.8. The van der Waals surface area contributed by atoms with Crippen LogP contribution in [0.3, 0.4) is 0 Å². The highest BCUT2D eigenvalue weighted by Gasteiger charge is 2.55. The van der Waals surface area contributed by atoms with Crippen LogP contribution >= 0.6 is 0 Å². The third-order valence-corrected chi connectivity index (χ3v) is 4.06. The number of carboxylic acids is 3. The molecule has 26 heavy (non-hydrogen) atoms. The first-order valence-electron chi connectivity index (χ1n) is 7.45. The number of nitrogens with zero attached hydrogens (tertiary/aromatic N) is 1. The lowest BCUT2D eigenvalue weighted by Gasteiger charge is -2.41. The lowest BCUT2D eigenvalue weighted by Crippen LogP contribution is -2.64. The normalized spacial score (nSPS) is 14.2. The van der Waals surface area contributed by atoms with Crippen molar-refractivity contribution >= 4 is 23.7 Å². The van der Waals surface area contributed by atoms with Gasteiger partial charge in [-0.15, -0.1) is 0 Å². The molecule has 4 N–H and O–H groups in total. The van der Waals surface area contributed by atoms with Crippen LogP contribution in [0.2, 0.25) is 0 Å². The molecular formula is C17H19NO8. The highest BCUT2D eigenvalue weighted by molar-refractivity contribution is 6.14. The number of hydrogen-bond donors (Lipinski definition) is 4. The molecular weight excluding hydrogens is 346 g/mol. The molecule has 0 saturated heterocycles. The second kappa shape index (κ2) is 8.26. The summed E-state index contributed by atoms with van der Waals surface area (Å²) in [6.07, 6.45) is 0.724. The van der Waals surface area contributed by atoms with E-state index in [1.807, 2.05) is 0 Å². The smallest absolute Gasteiger partial charge is 0.332 e. The van der Waals surface area contributed by atoms with E-state index in [-0.39, 0.29) is 5.75 Å². The Morgan fingerprint density at radius 3 is 1.88 bits per heavy atom. The minimum atomic E-state index is -2.50. The molecule has 0 aromatic heterocycles. The molecule has 9 heteroatoms.